The van der Waals surface area contributed by atoms with Crippen LogP contribution in [0.15, 0.2) is 36.4 Å². The molecule has 1 heterocycles. The van der Waals surface area contributed by atoms with Crippen LogP contribution in [0, 0.1) is 6.92 Å². The quantitative estimate of drug-likeness (QED) is 0.740. The average molecular weight is 282 g/mol. The molecule has 21 heavy (non-hydrogen) atoms. The predicted molar refractivity (Wildman–Crippen MR) is 79.6 cm³/mol. The summed E-state index contributed by atoms with van der Waals surface area (Å²) in [6, 6.07) is 9.91. The van der Waals surface area contributed by atoms with Crippen LogP contribution in [0.3, 0.4) is 0 Å². The first-order chi connectivity index (χ1) is 10.0. The van der Waals surface area contributed by atoms with Gasteiger partial charge in [0.1, 0.15) is 5.75 Å². The van der Waals surface area contributed by atoms with Gasteiger partial charge in [-0.25, -0.2) is 0 Å². The van der Waals surface area contributed by atoms with Crippen molar-refractivity contribution in [2.24, 2.45) is 0 Å². The molecular weight excluding hydrogens is 268 g/mol. The normalized spacial score (nSPS) is 12.7. The Labute approximate surface area is 121 Å². The molecule has 1 aliphatic rings. The van der Waals surface area contributed by atoms with E-state index in [2.05, 4.69) is 10.6 Å². The van der Waals surface area contributed by atoms with Crippen molar-refractivity contribution in [2.75, 3.05) is 10.6 Å². The summed E-state index contributed by atoms with van der Waals surface area (Å²) in [6.07, 6.45) is 0.355. The van der Waals surface area contributed by atoms with E-state index < -0.39 is 0 Å². The highest BCUT2D eigenvalue weighted by Crippen LogP contribution is 2.25. The van der Waals surface area contributed by atoms with E-state index in [0.29, 0.717) is 23.4 Å². The fraction of sp³-hybridized carbons (Fsp3) is 0.125. The van der Waals surface area contributed by atoms with Gasteiger partial charge < -0.3 is 15.7 Å². The van der Waals surface area contributed by atoms with Gasteiger partial charge in [-0.15, -0.1) is 0 Å². The number of amides is 2. The van der Waals surface area contributed by atoms with Gasteiger partial charge in [-0.2, -0.15) is 0 Å². The van der Waals surface area contributed by atoms with Crippen molar-refractivity contribution in [3.8, 4) is 5.75 Å². The fourth-order valence-corrected chi connectivity index (χ4v) is 2.34. The molecule has 2 aromatic carbocycles. The Morgan fingerprint density at radius 3 is 2.81 bits per heavy atom. The predicted octanol–water partition coefficient (Wildman–Crippen LogP) is 2.45. The zero-order valence-electron chi connectivity index (χ0n) is 11.4. The van der Waals surface area contributed by atoms with Crippen LogP contribution >= 0.6 is 0 Å². The Bertz CT molecular complexity index is 753. The molecule has 2 amide bonds. The largest absolute Gasteiger partial charge is 0.508 e. The number of nitrogens with one attached hydrogen (secondary N) is 2. The van der Waals surface area contributed by atoms with E-state index in [0.717, 1.165) is 11.1 Å². The van der Waals surface area contributed by atoms with Crippen molar-refractivity contribution in [3.05, 3.63) is 53.1 Å². The number of carbonyl (C=O) groups excluding carboxylic acids is 2. The van der Waals surface area contributed by atoms with E-state index >= 15 is 0 Å². The summed E-state index contributed by atoms with van der Waals surface area (Å²) >= 11 is 0. The number of phenols is 1. The van der Waals surface area contributed by atoms with E-state index in [-0.39, 0.29) is 17.6 Å². The minimum absolute atomic E-state index is 0.0584. The second-order valence-electron chi connectivity index (χ2n) is 5.05. The van der Waals surface area contributed by atoms with Crippen molar-refractivity contribution in [1.29, 1.82) is 0 Å². The number of carbonyl (C=O) groups is 2. The third-order valence-corrected chi connectivity index (χ3v) is 3.46. The molecule has 0 saturated heterocycles. The van der Waals surface area contributed by atoms with Crippen molar-refractivity contribution in [1.82, 2.24) is 0 Å². The van der Waals surface area contributed by atoms with Gasteiger partial charge >= 0.3 is 0 Å². The number of hydrogen-bond acceptors (Lipinski definition) is 3. The summed E-state index contributed by atoms with van der Waals surface area (Å²) in [7, 11) is 0. The molecule has 0 unspecified atom stereocenters. The number of aryl methyl sites for hydroxylation is 1. The van der Waals surface area contributed by atoms with Crippen molar-refractivity contribution >= 4 is 23.2 Å². The minimum Gasteiger partial charge on any atom is -0.508 e. The van der Waals surface area contributed by atoms with E-state index in [1.54, 1.807) is 37.3 Å². The first kappa shape index (κ1) is 13.2. The molecule has 0 fully saturated rings. The number of phenolic OH excluding ortho intramolecular Hbond substituents is 1. The van der Waals surface area contributed by atoms with Gasteiger partial charge in [0.05, 0.1) is 6.42 Å². The molecule has 2 aromatic rings. The van der Waals surface area contributed by atoms with Gasteiger partial charge in [-0.05, 0) is 48.4 Å². The first-order valence-corrected chi connectivity index (χ1v) is 6.57. The van der Waals surface area contributed by atoms with Crippen molar-refractivity contribution in [2.45, 2.75) is 13.3 Å². The third-order valence-electron chi connectivity index (χ3n) is 3.46. The van der Waals surface area contributed by atoms with Crippen LogP contribution in [0.4, 0.5) is 11.4 Å². The summed E-state index contributed by atoms with van der Waals surface area (Å²) in [4.78, 5) is 23.6. The molecule has 0 bridgehead atoms. The lowest BCUT2D eigenvalue weighted by molar-refractivity contribution is -0.115. The van der Waals surface area contributed by atoms with Crippen LogP contribution < -0.4 is 10.6 Å². The molecule has 0 radical (unpaired) electrons. The topological polar surface area (TPSA) is 78.4 Å². The van der Waals surface area contributed by atoms with Crippen molar-refractivity contribution < 1.29 is 14.7 Å². The standard InChI is InChI=1S/C16H14N2O3/c1-9-6-12(19)4-5-13(9)18-16(21)11-3-2-10-8-15(20)17-14(10)7-11/h2-7,19H,8H2,1H3,(H,17,20)(H,18,21). The van der Waals surface area contributed by atoms with Gasteiger partial charge in [-0.1, -0.05) is 6.07 Å². The Hall–Kier alpha value is -2.82. The van der Waals surface area contributed by atoms with E-state index in [9.17, 15) is 14.7 Å². The molecule has 0 aromatic heterocycles. The number of anilines is 2. The lowest BCUT2D eigenvalue weighted by Gasteiger charge is -2.09. The highest BCUT2D eigenvalue weighted by atomic mass is 16.3. The molecule has 1 aliphatic heterocycles. The van der Waals surface area contributed by atoms with Crippen LogP contribution in [-0.4, -0.2) is 16.9 Å². The van der Waals surface area contributed by atoms with E-state index in [1.165, 1.54) is 6.07 Å². The molecule has 0 atom stereocenters. The lowest BCUT2D eigenvalue weighted by atomic mass is 10.1. The molecule has 0 aliphatic carbocycles. The van der Waals surface area contributed by atoms with Crippen LogP contribution in [0.5, 0.6) is 5.75 Å². The summed E-state index contributed by atoms with van der Waals surface area (Å²) in [5.41, 5.74) is 3.48. The van der Waals surface area contributed by atoms with Gasteiger partial charge in [0.15, 0.2) is 0 Å². The Morgan fingerprint density at radius 1 is 1.24 bits per heavy atom. The maximum atomic E-state index is 12.2. The monoisotopic (exact) mass is 282 g/mol. The lowest BCUT2D eigenvalue weighted by Crippen LogP contribution is -2.13. The minimum atomic E-state index is -0.257. The number of hydrogen-bond donors (Lipinski definition) is 3. The third kappa shape index (κ3) is 2.58. The number of benzene rings is 2. The summed E-state index contributed by atoms with van der Waals surface area (Å²) < 4.78 is 0. The molecule has 5 heteroatoms. The molecule has 5 nitrogen and oxygen atoms in total. The number of aromatic hydroxyl groups is 1. The molecule has 106 valence electrons. The summed E-state index contributed by atoms with van der Waals surface area (Å²) in [5.74, 6) is -0.157. The van der Waals surface area contributed by atoms with Crippen LogP contribution in [0.1, 0.15) is 21.5 Å². The Morgan fingerprint density at radius 2 is 2.05 bits per heavy atom. The van der Waals surface area contributed by atoms with Crippen molar-refractivity contribution in [3.63, 3.8) is 0 Å². The highest BCUT2D eigenvalue weighted by molar-refractivity contribution is 6.07. The van der Waals surface area contributed by atoms with E-state index in [4.69, 9.17) is 0 Å². The van der Waals surface area contributed by atoms with Crippen LogP contribution in [0.25, 0.3) is 0 Å². The zero-order chi connectivity index (χ0) is 15.0. The number of fused-ring (bicyclic) bond motifs is 1. The van der Waals surface area contributed by atoms with Crippen LogP contribution in [0.2, 0.25) is 0 Å². The first-order valence-electron chi connectivity index (χ1n) is 6.57. The van der Waals surface area contributed by atoms with Gasteiger partial charge in [-0.3, -0.25) is 9.59 Å². The van der Waals surface area contributed by atoms with Gasteiger partial charge in [0, 0.05) is 16.9 Å². The van der Waals surface area contributed by atoms with E-state index in [1.807, 2.05) is 0 Å². The molecule has 3 rings (SSSR count). The zero-order valence-corrected chi connectivity index (χ0v) is 11.4. The second-order valence-corrected chi connectivity index (χ2v) is 5.05. The second kappa shape index (κ2) is 4.94. The molecule has 0 saturated carbocycles. The smallest absolute Gasteiger partial charge is 0.255 e. The Balaban J connectivity index is 1.83. The summed E-state index contributed by atoms with van der Waals surface area (Å²) in [6.45, 7) is 1.80. The molecule has 0 spiro atoms. The molecule has 3 N–H and O–H groups in total. The van der Waals surface area contributed by atoms with Gasteiger partial charge in [0.2, 0.25) is 5.91 Å². The number of rotatable bonds is 2. The van der Waals surface area contributed by atoms with Crippen LogP contribution in [-0.2, 0) is 11.2 Å². The Kier molecular flexibility index (Phi) is 3.10. The maximum absolute atomic E-state index is 12.2. The maximum Gasteiger partial charge on any atom is 0.255 e. The molecular formula is C16H14N2O3. The fourth-order valence-electron chi connectivity index (χ4n) is 2.34. The average Bonchev–Trinajstić information content (AvgIpc) is 2.80. The SMILES string of the molecule is Cc1cc(O)ccc1NC(=O)c1ccc2c(c1)NC(=O)C2. The van der Waals surface area contributed by atoms with Gasteiger partial charge in [0.25, 0.3) is 5.91 Å². The summed E-state index contributed by atoms with van der Waals surface area (Å²) in [5, 5.41) is 14.9. The highest BCUT2D eigenvalue weighted by Gasteiger charge is 2.19.